The normalized spacial score (nSPS) is 17.2. The molecule has 0 bridgehead atoms. The zero-order valence-corrected chi connectivity index (χ0v) is 16.2. The van der Waals surface area contributed by atoms with Crippen molar-refractivity contribution in [1.29, 1.82) is 0 Å². The van der Waals surface area contributed by atoms with E-state index in [1.54, 1.807) is 12.1 Å². The van der Waals surface area contributed by atoms with Crippen LogP contribution in [0.25, 0.3) is 0 Å². The molecule has 7 nitrogen and oxygen atoms in total. The molecular weight excluding hydrogens is 423 g/mol. The molecule has 1 saturated heterocycles. The van der Waals surface area contributed by atoms with Gasteiger partial charge in [-0.1, -0.05) is 19.1 Å². The van der Waals surface area contributed by atoms with Gasteiger partial charge in [0.15, 0.2) is 5.96 Å². The number of nitro groups is 1. The third-order valence-corrected chi connectivity index (χ3v) is 3.69. The van der Waals surface area contributed by atoms with E-state index in [9.17, 15) is 10.1 Å². The van der Waals surface area contributed by atoms with Crippen molar-refractivity contribution in [2.24, 2.45) is 10.9 Å². The lowest BCUT2D eigenvalue weighted by atomic mass is 10.1. The molecule has 8 heteroatoms. The maximum Gasteiger partial charge on any atom is 0.269 e. The van der Waals surface area contributed by atoms with E-state index < -0.39 is 4.92 Å². The highest BCUT2D eigenvalue weighted by Crippen LogP contribution is 2.13. The Hall–Kier alpha value is -1.42. The molecule has 2 N–H and O–H groups in total. The lowest BCUT2D eigenvalue weighted by molar-refractivity contribution is -0.384. The summed E-state index contributed by atoms with van der Waals surface area (Å²) in [6.07, 6.45) is 2.10. The van der Waals surface area contributed by atoms with E-state index in [1.807, 2.05) is 0 Å². The highest BCUT2D eigenvalue weighted by atomic mass is 127. The van der Waals surface area contributed by atoms with Crippen LogP contribution in [0, 0.1) is 16.0 Å². The summed E-state index contributed by atoms with van der Waals surface area (Å²) in [4.78, 5) is 14.8. The van der Waals surface area contributed by atoms with Crippen LogP contribution < -0.4 is 10.6 Å². The van der Waals surface area contributed by atoms with Crippen LogP contribution in [0.2, 0.25) is 0 Å². The Morgan fingerprint density at radius 1 is 1.38 bits per heavy atom. The Kier molecular flexibility index (Phi) is 9.62. The number of nitro benzene ring substituents is 1. The van der Waals surface area contributed by atoms with Gasteiger partial charge in [0.05, 0.1) is 18.1 Å². The van der Waals surface area contributed by atoms with E-state index in [4.69, 9.17) is 4.74 Å². The highest BCUT2D eigenvalue weighted by molar-refractivity contribution is 14.0. The first-order valence-electron chi connectivity index (χ1n) is 8.02. The summed E-state index contributed by atoms with van der Waals surface area (Å²) in [7, 11) is 0. The lowest BCUT2D eigenvalue weighted by Crippen LogP contribution is -2.40. The molecule has 1 unspecified atom stereocenters. The first kappa shape index (κ1) is 20.6. The summed E-state index contributed by atoms with van der Waals surface area (Å²) in [5.74, 6) is 1.31. The van der Waals surface area contributed by atoms with Crippen LogP contribution in [0.1, 0.15) is 25.3 Å². The van der Waals surface area contributed by atoms with Gasteiger partial charge in [-0.25, -0.2) is 4.99 Å². The molecular formula is C16H25IN4O3. The Bertz CT molecular complexity index is 531. The van der Waals surface area contributed by atoms with Crippen molar-refractivity contribution in [2.75, 3.05) is 26.3 Å². The van der Waals surface area contributed by atoms with Crippen molar-refractivity contribution in [2.45, 2.75) is 26.3 Å². The van der Waals surface area contributed by atoms with Gasteiger partial charge in [0.25, 0.3) is 5.69 Å². The molecule has 0 amide bonds. The SMILES string of the molecule is CCCNC(=NCc1ccc([N+](=O)[O-])cc1)NCC1CCOC1.I. The Balaban J connectivity index is 0.00000288. The average Bonchev–Trinajstić information content (AvgIpc) is 3.08. The smallest absolute Gasteiger partial charge is 0.269 e. The number of ether oxygens (including phenoxy) is 1. The molecule has 2 rings (SSSR count). The van der Waals surface area contributed by atoms with Crippen molar-refractivity contribution in [3.63, 3.8) is 0 Å². The number of guanidine groups is 1. The van der Waals surface area contributed by atoms with E-state index in [1.165, 1.54) is 12.1 Å². The van der Waals surface area contributed by atoms with Gasteiger partial charge in [-0.3, -0.25) is 10.1 Å². The quantitative estimate of drug-likeness (QED) is 0.220. The van der Waals surface area contributed by atoms with Crippen molar-refractivity contribution in [3.8, 4) is 0 Å². The Morgan fingerprint density at radius 3 is 2.71 bits per heavy atom. The Morgan fingerprint density at radius 2 is 2.12 bits per heavy atom. The van der Waals surface area contributed by atoms with Gasteiger partial charge in [0.2, 0.25) is 0 Å². The molecule has 24 heavy (non-hydrogen) atoms. The molecule has 1 heterocycles. The fourth-order valence-electron chi connectivity index (χ4n) is 2.30. The average molecular weight is 448 g/mol. The highest BCUT2D eigenvalue weighted by Gasteiger charge is 2.15. The number of aliphatic imine (C=N–C) groups is 1. The third kappa shape index (κ3) is 7.00. The van der Waals surface area contributed by atoms with Gasteiger partial charge < -0.3 is 15.4 Å². The minimum absolute atomic E-state index is 0. The molecule has 0 aromatic heterocycles. The fraction of sp³-hybridized carbons (Fsp3) is 0.562. The number of non-ortho nitro benzene ring substituents is 1. The minimum Gasteiger partial charge on any atom is -0.381 e. The van der Waals surface area contributed by atoms with E-state index >= 15 is 0 Å². The first-order chi connectivity index (χ1) is 11.2. The van der Waals surface area contributed by atoms with Crippen LogP contribution >= 0.6 is 24.0 Å². The molecule has 1 aromatic rings. The van der Waals surface area contributed by atoms with Gasteiger partial charge in [-0.05, 0) is 18.4 Å². The maximum absolute atomic E-state index is 10.7. The molecule has 1 aromatic carbocycles. The monoisotopic (exact) mass is 448 g/mol. The predicted octanol–water partition coefficient (Wildman–Crippen LogP) is 2.69. The largest absolute Gasteiger partial charge is 0.381 e. The first-order valence-corrected chi connectivity index (χ1v) is 8.02. The predicted molar refractivity (Wildman–Crippen MR) is 105 cm³/mol. The number of nitrogens with zero attached hydrogens (tertiary/aromatic N) is 2. The maximum atomic E-state index is 10.7. The van der Waals surface area contributed by atoms with Crippen molar-refractivity contribution in [3.05, 3.63) is 39.9 Å². The van der Waals surface area contributed by atoms with Crippen molar-refractivity contribution in [1.82, 2.24) is 10.6 Å². The second-order valence-corrected chi connectivity index (χ2v) is 5.63. The molecule has 1 atom stereocenters. The molecule has 1 aliphatic rings. The molecule has 0 spiro atoms. The van der Waals surface area contributed by atoms with Crippen molar-refractivity contribution < 1.29 is 9.66 Å². The zero-order chi connectivity index (χ0) is 16.5. The van der Waals surface area contributed by atoms with Gasteiger partial charge in [-0.15, -0.1) is 24.0 Å². The van der Waals surface area contributed by atoms with E-state index in [0.717, 1.165) is 50.7 Å². The third-order valence-electron chi connectivity index (χ3n) is 3.69. The lowest BCUT2D eigenvalue weighted by Gasteiger charge is -2.14. The summed E-state index contributed by atoms with van der Waals surface area (Å²) < 4.78 is 5.38. The number of rotatable bonds is 7. The van der Waals surface area contributed by atoms with Crippen molar-refractivity contribution >= 4 is 35.6 Å². The standard InChI is InChI=1S/C16H24N4O3.HI/c1-2-8-17-16(19-11-14-7-9-23-12-14)18-10-13-3-5-15(6-4-13)20(21)22;/h3-6,14H,2,7-12H2,1H3,(H2,17,18,19);1H. The van der Waals surface area contributed by atoms with Gasteiger partial charge in [-0.2, -0.15) is 0 Å². The van der Waals surface area contributed by atoms with Crippen LogP contribution in [-0.4, -0.2) is 37.2 Å². The molecule has 134 valence electrons. The summed E-state index contributed by atoms with van der Waals surface area (Å²) in [5, 5.41) is 17.3. The topological polar surface area (TPSA) is 88.8 Å². The number of nitrogens with one attached hydrogen (secondary N) is 2. The van der Waals surface area contributed by atoms with Crippen LogP contribution in [0.3, 0.4) is 0 Å². The van der Waals surface area contributed by atoms with Crippen LogP contribution in [-0.2, 0) is 11.3 Å². The molecule has 0 aliphatic carbocycles. The molecule has 1 fully saturated rings. The second-order valence-electron chi connectivity index (χ2n) is 5.63. The molecule has 0 radical (unpaired) electrons. The zero-order valence-electron chi connectivity index (χ0n) is 13.9. The molecule has 0 saturated carbocycles. The van der Waals surface area contributed by atoms with Crippen LogP contribution in [0.15, 0.2) is 29.3 Å². The minimum atomic E-state index is -0.396. The summed E-state index contributed by atoms with van der Waals surface area (Å²) in [5.41, 5.74) is 1.04. The van der Waals surface area contributed by atoms with Crippen LogP contribution in [0.4, 0.5) is 5.69 Å². The summed E-state index contributed by atoms with van der Waals surface area (Å²) in [6, 6.07) is 6.49. The van der Waals surface area contributed by atoms with E-state index in [-0.39, 0.29) is 29.7 Å². The molecule has 1 aliphatic heterocycles. The number of hydrogen-bond acceptors (Lipinski definition) is 4. The summed E-state index contributed by atoms with van der Waals surface area (Å²) >= 11 is 0. The number of halogens is 1. The second kappa shape index (κ2) is 11.2. The van der Waals surface area contributed by atoms with E-state index in [2.05, 4.69) is 22.5 Å². The Labute approximate surface area is 159 Å². The van der Waals surface area contributed by atoms with Gasteiger partial charge >= 0.3 is 0 Å². The van der Waals surface area contributed by atoms with E-state index in [0.29, 0.717) is 12.5 Å². The number of hydrogen-bond donors (Lipinski definition) is 2. The van der Waals surface area contributed by atoms with Gasteiger partial charge in [0, 0.05) is 37.7 Å². The van der Waals surface area contributed by atoms with Crippen LogP contribution in [0.5, 0.6) is 0 Å². The number of benzene rings is 1. The summed E-state index contributed by atoms with van der Waals surface area (Å²) in [6.45, 7) is 5.92. The van der Waals surface area contributed by atoms with Gasteiger partial charge in [0.1, 0.15) is 0 Å². The fourth-order valence-corrected chi connectivity index (χ4v) is 2.30.